The topological polar surface area (TPSA) is 72.2 Å². The van der Waals surface area contributed by atoms with Crippen LogP contribution in [0.3, 0.4) is 0 Å². The van der Waals surface area contributed by atoms with E-state index in [1.165, 1.54) is 25.3 Å². The van der Waals surface area contributed by atoms with Crippen molar-refractivity contribution in [2.24, 2.45) is 23.7 Å². The molecule has 3 N–H and O–H groups in total. The lowest BCUT2D eigenvalue weighted by Gasteiger charge is -2.13. The van der Waals surface area contributed by atoms with Gasteiger partial charge in [-0.1, -0.05) is 0 Å². The molecule has 3 aliphatic rings. The van der Waals surface area contributed by atoms with Crippen LogP contribution in [-0.4, -0.2) is 14.5 Å². The first-order chi connectivity index (χ1) is 9.88. The maximum absolute atomic E-state index is 13.4. The van der Waals surface area contributed by atoms with Crippen molar-refractivity contribution in [1.82, 2.24) is 4.72 Å². The largest absolute Gasteiger partial charge is 0.398 e. The molecule has 3 fully saturated rings. The molecule has 4 unspecified atom stereocenters. The highest BCUT2D eigenvalue weighted by Gasteiger charge is 2.65. The van der Waals surface area contributed by atoms with E-state index in [9.17, 15) is 12.8 Å². The number of benzene rings is 1. The maximum atomic E-state index is 13.4. The molecule has 0 saturated heterocycles. The van der Waals surface area contributed by atoms with Crippen LogP contribution in [0.15, 0.2) is 21.5 Å². The molecule has 0 aliphatic heterocycles. The van der Waals surface area contributed by atoms with Crippen LogP contribution in [0.5, 0.6) is 0 Å². The third-order valence-corrected chi connectivity index (χ3v) is 7.49. The summed E-state index contributed by atoms with van der Waals surface area (Å²) in [6.45, 7) is 0. The number of fused-ring (bicyclic) bond motifs is 5. The van der Waals surface area contributed by atoms with E-state index in [1.54, 1.807) is 0 Å². The van der Waals surface area contributed by atoms with E-state index in [2.05, 4.69) is 20.7 Å². The van der Waals surface area contributed by atoms with Crippen LogP contribution < -0.4 is 10.5 Å². The highest BCUT2D eigenvalue weighted by Crippen LogP contribution is 2.65. The highest BCUT2D eigenvalue weighted by atomic mass is 79.9. The molecule has 21 heavy (non-hydrogen) atoms. The lowest BCUT2D eigenvalue weighted by atomic mass is 10.0. The fraction of sp³-hybridized carbons (Fsp3) is 0.571. The quantitative estimate of drug-likeness (QED) is 0.798. The Bertz CT molecular complexity index is 708. The van der Waals surface area contributed by atoms with Crippen LogP contribution in [0, 0.1) is 29.5 Å². The van der Waals surface area contributed by atoms with Crippen molar-refractivity contribution < 1.29 is 12.8 Å². The minimum absolute atomic E-state index is 0.0458. The Hall–Kier alpha value is -0.660. The standard InChI is InChI=1S/C14H16BrFN2O2S/c15-8-4-11(10(17)5-9(8)16)21(19,20)18-14-12-6-1-2-7(3-6)13(12)14/h4-7,12-14,18H,1-3,17H2. The zero-order valence-corrected chi connectivity index (χ0v) is 13.6. The molecule has 2 bridgehead atoms. The SMILES string of the molecule is Nc1cc(F)c(Br)cc1S(=O)(=O)NC1C2C3CCC(C3)C12. The number of hydrogen-bond donors (Lipinski definition) is 2. The molecule has 3 saturated carbocycles. The van der Waals surface area contributed by atoms with Gasteiger partial charge in [0.15, 0.2) is 0 Å². The van der Waals surface area contributed by atoms with Crippen LogP contribution in [0.1, 0.15) is 19.3 Å². The Morgan fingerprint density at radius 2 is 1.86 bits per heavy atom. The van der Waals surface area contributed by atoms with Crippen molar-refractivity contribution in [2.45, 2.75) is 30.2 Å². The molecule has 0 heterocycles. The van der Waals surface area contributed by atoms with Gasteiger partial charge in [0.2, 0.25) is 10.0 Å². The lowest BCUT2D eigenvalue weighted by Crippen LogP contribution is -2.30. The molecular weight excluding hydrogens is 359 g/mol. The molecule has 114 valence electrons. The molecule has 0 amide bonds. The van der Waals surface area contributed by atoms with Gasteiger partial charge >= 0.3 is 0 Å². The Balaban J connectivity index is 1.59. The van der Waals surface area contributed by atoms with Crippen molar-refractivity contribution >= 4 is 31.6 Å². The van der Waals surface area contributed by atoms with Crippen molar-refractivity contribution in [3.8, 4) is 0 Å². The summed E-state index contributed by atoms with van der Waals surface area (Å²) in [5.74, 6) is 1.81. The zero-order valence-electron chi connectivity index (χ0n) is 11.2. The van der Waals surface area contributed by atoms with Crippen LogP contribution in [0.25, 0.3) is 0 Å². The lowest BCUT2D eigenvalue weighted by molar-refractivity contribution is 0.456. The maximum Gasteiger partial charge on any atom is 0.242 e. The second-order valence-electron chi connectivity index (χ2n) is 6.44. The average Bonchev–Trinajstić information content (AvgIpc) is 2.82. The monoisotopic (exact) mass is 374 g/mol. The fourth-order valence-electron chi connectivity index (χ4n) is 4.50. The summed E-state index contributed by atoms with van der Waals surface area (Å²) in [6, 6.07) is 2.32. The van der Waals surface area contributed by atoms with Gasteiger partial charge in [-0.15, -0.1) is 0 Å². The van der Waals surface area contributed by atoms with Gasteiger partial charge in [-0.3, -0.25) is 0 Å². The molecule has 4 atom stereocenters. The number of anilines is 1. The zero-order chi connectivity index (χ0) is 14.9. The first-order valence-electron chi connectivity index (χ1n) is 7.15. The minimum atomic E-state index is -3.70. The van der Waals surface area contributed by atoms with Crippen molar-refractivity contribution in [3.63, 3.8) is 0 Å². The number of nitrogen functional groups attached to an aromatic ring is 1. The second-order valence-corrected chi connectivity index (χ2v) is 8.98. The number of rotatable bonds is 3. The summed E-state index contributed by atoms with van der Waals surface area (Å²) < 4.78 is 41.3. The number of sulfonamides is 1. The van der Waals surface area contributed by atoms with Gasteiger partial charge in [-0.05, 0) is 71.0 Å². The summed E-state index contributed by atoms with van der Waals surface area (Å²) >= 11 is 3.01. The Morgan fingerprint density at radius 1 is 1.24 bits per heavy atom. The smallest absolute Gasteiger partial charge is 0.242 e. The number of halogens is 2. The van der Waals surface area contributed by atoms with Crippen LogP contribution in [0.4, 0.5) is 10.1 Å². The molecule has 0 spiro atoms. The highest BCUT2D eigenvalue weighted by molar-refractivity contribution is 9.10. The van der Waals surface area contributed by atoms with Crippen molar-refractivity contribution in [3.05, 3.63) is 22.4 Å². The summed E-state index contributed by atoms with van der Waals surface area (Å²) in [4.78, 5) is -0.0481. The second kappa shape index (κ2) is 4.43. The number of nitrogens with two attached hydrogens (primary N) is 1. The summed E-state index contributed by atoms with van der Waals surface area (Å²) in [6.07, 6.45) is 3.72. The van der Waals surface area contributed by atoms with Crippen LogP contribution in [0.2, 0.25) is 0 Å². The molecule has 1 aromatic rings. The Kier molecular flexibility index (Phi) is 2.94. The fourth-order valence-corrected chi connectivity index (χ4v) is 6.44. The van der Waals surface area contributed by atoms with E-state index in [0.717, 1.165) is 6.07 Å². The first-order valence-corrected chi connectivity index (χ1v) is 9.43. The van der Waals surface area contributed by atoms with E-state index in [0.29, 0.717) is 23.7 Å². The van der Waals surface area contributed by atoms with Crippen LogP contribution >= 0.6 is 15.9 Å². The van der Waals surface area contributed by atoms with Gasteiger partial charge in [0, 0.05) is 6.04 Å². The molecule has 7 heteroatoms. The van der Waals surface area contributed by atoms with Gasteiger partial charge in [0.25, 0.3) is 0 Å². The number of hydrogen-bond acceptors (Lipinski definition) is 3. The molecule has 0 aromatic heterocycles. The van der Waals surface area contributed by atoms with Crippen molar-refractivity contribution in [1.29, 1.82) is 0 Å². The molecule has 3 aliphatic carbocycles. The molecule has 0 radical (unpaired) electrons. The summed E-state index contributed by atoms with van der Waals surface area (Å²) in [5.41, 5.74) is 5.62. The summed E-state index contributed by atoms with van der Waals surface area (Å²) in [5, 5.41) is 0. The summed E-state index contributed by atoms with van der Waals surface area (Å²) in [7, 11) is -3.70. The number of nitrogens with one attached hydrogen (secondary N) is 1. The van der Waals surface area contributed by atoms with E-state index < -0.39 is 15.8 Å². The first kappa shape index (κ1) is 14.0. The van der Waals surface area contributed by atoms with Crippen LogP contribution in [-0.2, 0) is 10.0 Å². The predicted octanol–water partition coefficient (Wildman–Crippen LogP) is 2.49. The van der Waals surface area contributed by atoms with Gasteiger partial charge < -0.3 is 5.73 Å². The molecule has 4 rings (SSSR count). The van der Waals surface area contributed by atoms with E-state index in [-0.39, 0.29) is 21.1 Å². The third kappa shape index (κ3) is 2.04. The van der Waals surface area contributed by atoms with E-state index >= 15 is 0 Å². The van der Waals surface area contributed by atoms with Gasteiger partial charge in [-0.25, -0.2) is 17.5 Å². The predicted molar refractivity (Wildman–Crippen MR) is 80.4 cm³/mol. The Labute approximate surface area is 131 Å². The minimum Gasteiger partial charge on any atom is -0.398 e. The van der Waals surface area contributed by atoms with Crippen molar-refractivity contribution in [2.75, 3.05) is 5.73 Å². The molecular formula is C14H16BrFN2O2S. The normalized spacial score (nSPS) is 36.8. The Morgan fingerprint density at radius 3 is 2.48 bits per heavy atom. The molecule has 1 aromatic carbocycles. The van der Waals surface area contributed by atoms with Gasteiger partial charge in [-0.2, -0.15) is 0 Å². The van der Waals surface area contributed by atoms with Gasteiger partial charge in [0.05, 0.1) is 10.2 Å². The van der Waals surface area contributed by atoms with Gasteiger partial charge in [0.1, 0.15) is 10.7 Å². The van der Waals surface area contributed by atoms with E-state index in [4.69, 9.17) is 5.73 Å². The van der Waals surface area contributed by atoms with E-state index in [1.807, 2.05) is 0 Å². The molecule has 4 nitrogen and oxygen atoms in total. The average molecular weight is 375 g/mol. The third-order valence-electron chi connectivity index (χ3n) is 5.37.